The van der Waals surface area contributed by atoms with Gasteiger partial charge < -0.3 is 20.1 Å². The SMILES string of the molecule is O=C(NC1CC(C(=O)O)C1)O[C@@H]1CCN(c2cn[nH]c(=O)c2Cl)C1. The molecule has 2 fully saturated rings. The molecular formula is C14H17ClN4O5. The molecule has 1 saturated heterocycles. The molecule has 3 N–H and O–H groups in total. The molecule has 0 radical (unpaired) electrons. The van der Waals surface area contributed by atoms with Crippen LogP contribution in [0.2, 0.25) is 5.02 Å². The first-order valence-corrected chi connectivity index (χ1v) is 8.00. The number of rotatable bonds is 4. The number of carboxylic acids is 1. The molecule has 1 amide bonds. The van der Waals surface area contributed by atoms with Gasteiger partial charge in [0.25, 0.3) is 5.56 Å². The van der Waals surface area contributed by atoms with Gasteiger partial charge >= 0.3 is 12.1 Å². The second kappa shape index (κ2) is 6.68. The van der Waals surface area contributed by atoms with Gasteiger partial charge in [-0.05, 0) is 12.8 Å². The topological polar surface area (TPSA) is 125 Å². The van der Waals surface area contributed by atoms with Crippen LogP contribution in [-0.2, 0) is 9.53 Å². The lowest BCUT2D eigenvalue weighted by Gasteiger charge is -2.32. The molecule has 0 aromatic carbocycles. The number of hydrogen-bond acceptors (Lipinski definition) is 6. The third kappa shape index (κ3) is 3.45. The minimum absolute atomic E-state index is 0.0595. The van der Waals surface area contributed by atoms with Gasteiger partial charge in [-0.1, -0.05) is 11.6 Å². The highest BCUT2D eigenvalue weighted by Crippen LogP contribution is 2.28. The van der Waals surface area contributed by atoms with Crippen molar-refractivity contribution in [3.8, 4) is 0 Å². The van der Waals surface area contributed by atoms with E-state index in [2.05, 4.69) is 15.5 Å². The third-order valence-corrected chi connectivity index (χ3v) is 4.71. The second-order valence-electron chi connectivity index (χ2n) is 6.01. The number of carbonyl (C=O) groups excluding carboxylic acids is 1. The number of alkyl carbamates (subject to hydrolysis) is 1. The zero-order valence-electron chi connectivity index (χ0n) is 12.7. The number of amides is 1. The Labute approximate surface area is 141 Å². The average Bonchev–Trinajstić information content (AvgIpc) is 2.93. The summed E-state index contributed by atoms with van der Waals surface area (Å²) >= 11 is 5.97. The van der Waals surface area contributed by atoms with Crippen LogP contribution in [0.5, 0.6) is 0 Å². The standard InChI is InChI=1S/C14H17ClN4O5/c15-11-10(5-16-18-12(11)20)19-2-1-9(6-19)24-14(23)17-8-3-7(4-8)13(21)22/h5,7-9H,1-4,6H2,(H,17,23)(H,18,20)(H,21,22)/t7?,8?,9-/m1/s1. The van der Waals surface area contributed by atoms with Crippen LogP contribution in [0.15, 0.2) is 11.0 Å². The first-order chi connectivity index (χ1) is 11.4. The number of carbonyl (C=O) groups is 2. The van der Waals surface area contributed by atoms with E-state index in [1.807, 2.05) is 4.90 Å². The zero-order chi connectivity index (χ0) is 17.3. The minimum Gasteiger partial charge on any atom is -0.481 e. The van der Waals surface area contributed by atoms with Crippen LogP contribution in [0.25, 0.3) is 0 Å². The molecule has 1 aliphatic heterocycles. The summed E-state index contributed by atoms with van der Waals surface area (Å²) in [5, 5.41) is 17.5. The maximum atomic E-state index is 11.9. The van der Waals surface area contributed by atoms with Crippen LogP contribution in [0.3, 0.4) is 0 Å². The van der Waals surface area contributed by atoms with E-state index in [4.69, 9.17) is 21.4 Å². The lowest BCUT2D eigenvalue weighted by atomic mass is 9.80. The summed E-state index contributed by atoms with van der Waals surface area (Å²) in [5.74, 6) is -1.22. The maximum Gasteiger partial charge on any atom is 0.407 e. The number of nitrogens with zero attached hydrogens (tertiary/aromatic N) is 2. The first kappa shape index (κ1) is 16.6. The number of aliphatic carboxylic acids is 1. The molecule has 3 rings (SSSR count). The summed E-state index contributed by atoms with van der Waals surface area (Å²) in [6.45, 7) is 1.01. The molecule has 0 unspecified atom stereocenters. The number of aromatic amines is 1. The summed E-state index contributed by atoms with van der Waals surface area (Å²) in [6, 6.07) is -0.151. The molecule has 24 heavy (non-hydrogen) atoms. The molecule has 1 atom stereocenters. The number of H-pyrrole nitrogens is 1. The quantitative estimate of drug-likeness (QED) is 0.721. The van der Waals surface area contributed by atoms with Crippen molar-refractivity contribution in [2.24, 2.45) is 5.92 Å². The van der Waals surface area contributed by atoms with Crippen molar-refractivity contribution < 1.29 is 19.4 Å². The van der Waals surface area contributed by atoms with Crippen molar-refractivity contribution >= 4 is 29.4 Å². The Balaban J connectivity index is 1.48. The number of halogens is 1. The molecule has 1 aromatic heterocycles. The smallest absolute Gasteiger partial charge is 0.407 e. The van der Waals surface area contributed by atoms with Crippen LogP contribution in [0.1, 0.15) is 19.3 Å². The summed E-state index contributed by atoms with van der Waals surface area (Å²) in [7, 11) is 0. The fourth-order valence-corrected chi connectivity index (χ4v) is 3.14. The lowest BCUT2D eigenvalue weighted by Crippen LogP contribution is -2.47. The van der Waals surface area contributed by atoms with Gasteiger partial charge in [0.05, 0.1) is 24.3 Å². The van der Waals surface area contributed by atoms with E-state index in [-0.39, 0.29) is 23.1 Å². The maximum absolute atomic E-state index is 11.9. The van der Waals surface area contributed by atoms with Gasteiger partial charge in [-0.15, -0.1) is 0 Å². The number of nitrogens with one attached hydrogen (secondary N) is 2. The Morgan fingerprint density at radius 3 is 2.92 bits per heavy atom. The molecule has 2 aliphatic rings. The molecule has 1 aromatic rings. The number of anilines is 1. The van der Waals surface area contributed by atoms with Gasteiger partial charge in [-0.25, -0.2) is 9.89 Å². The molecule has 0 bridgehead atoms. The van der Waals surface area contributed by atoms with Gasteiger partial charge in [-0.3, -0.25) is 9.59 Å². The number of ether oxygens (including phenoxy) is 1. The van der Waals surface area contributed by atoms with Crippen LogP contribution in [-0.4, -0.2) is 52.6 Å². The number of carboxylic acid groups (broad SMARTS) is 1. The number of aromatic nitrogens is 2. The predicted molar refractivity (Wildman–Crippen MR) is 84.3 cm³/mol. The highest BCUT2D eigenvalue weighted by molar-refractivity contribution is 6.33. The van der Waals surface area contributed by atoms with Crippen molar-refractivity contribution in [3.05, 3.63) is 21.6 Å². The van der Waals surface area contributed by atoms with Gasteiger partial charge in [0.1, 0.15) is 11.1 Å². The summed E-state index contributed by atoms with van der Waals surface area (Å²) in [6.07, 6.45) is 2.05. The Morgan fingerprint density at radius 2 is 2.21 bits per heavy atom. The van der Waals surface area contributed by atoms with Gasteiger partial charge in [0.15, 0.2) is 0 Å². The molecule has 9 nitrogen and oxygen atoms in total. The van der Waals surface area contributed by atoms with E-state index in [0.717, 1.165) is 0 Å². The largest absolute Gasteiger partial charge is 0.481 e. The third-order valence-electron chi connectivity index (χ3n) is 4.35. The first-order valence-electron chi connectivity index (χ1n) is 7.62. The predicted octanol–water partition coefficient (Wildman–Crippen LogP) is 0.591. The normalized spacial score (nSPS) is 25.9. The Bertz CT molecular complexity index is 703. The van der Waals surface area contributed by atoms with E-state index in [1.165, 1.54) is 6.20 Å². The van der Waals surface area contributed by atoms with E-state index in [1.54, 1.807) is 0 Å². The summed E-state index contributed by atoms with van der Waals surface area (Å²) in [4.78, 5) is 35.9. The van der Waals surface area contributed by atoms with E-state index >= 15 is 0 Å². The second-order valence-corrected chi connectivity index (χ2v) is 6.39. The molecule has 130 valence electrons. The van der Waals surface area contributed by atoms with Gasteiger partial charge in [0.2, 0.25) is 0 Å². The van der Waals surface area contributed by atoms with E-state index in [0.29, 0.717) is 38.0 Å². The van der Waals surface area contributed by atoms with E-state index < -0.39 is 17.6 Å². The fourth-order valence-electron chi connectivity index (χ4n) is 2.93. The highest BCUT2D eigenvalue weighted by Gasteiger charge is 2.36. The molecule has 1 aliphatic carbocycles. The van der Waals surface area contributed by atoms with Crippen molar-refractivity contribution in [2.45, 2.75) is 31.4 Å². The number of hydrogen-bond donors (Lipinski definition) is 3. The fraction of sp³-hybridized carbons (Fsp3) is 0.571. The Kier molecular flexibility index (Phi) is 4.61. The molecule has 0 spiro atoms. The molecule has 1 saturated carbocycles. The Hall–Kier alpha value is -2.29. The average molecular weight is 357 g/mol. The molecule has 10 heteroatoms. The molecular weight excluding hydrogens is 340 g/mol. The molecule has 2 heterocycles. The van der Waals surface area contributed by atoms with E-state index in [9.17, 15) is 14.4 Å². The van der Waals surface area contributed by atoms with Crippen LogP contribution >= 0.6 is 11.6 Å². The van der Waals surface area contributed by atoms with Crippen molar-refractivity contribution in [1.29, 1.82) is 0 Å². The van der Waals surface area contributed by atoms with Gasteiger partial charge in [-0.2, -0.15) is 5.10 Å². The van der Waals surface area contributed by atoms with Crippen LogP contribution in [0, 0.1) is 5.92 Å². The van der Waals surface area contributed by atoms with Crippen LogP contribution in [0.4, 0.5) is 10.5 Å². The van der Waals surface area contributed by atoms with Crippen molar-refractivity contribution in [1.82, 2.24) is 15.5 Å². The van der Waals surface area contributed by atoms with Crippen molar-refractivity contribution in [2.75, 3.05) is 18.0 Å². The highest BCUT2D eigenvalue weighted by atomic mass is 35.5. The summed E-state index contributed by atoms with van der Waals surface area (Å²) < 4.78 is 5.35. The van der Waals surface area contributed by atoms with Crippen LogP contribution < -0.4 is 15.8 Å². The zero-order valence-corrected chi connectivity index (χ0v) is 13.5. The summed E-state index contributed by atoms with van der Waals surface area (Å²) in [5.41, 5.74) is 0.0458. The minimum atomic E-state index is -0.837. The Morgan fingerprint density at radius 1 is 1.46 bits per heavy atom. The monoisotopic (exact) mass is 356 g/mol. The van der Waals surface area contributed by atoms with Gasteiger partial charge in [0, 0.05) is 19.0 Å². The lowest BCUT2D eigenvalue weighted by molar-refractivity contribution is -0.145. The van der Waals surface area contributed by atoms with Crippen molar-refractivity contribution in [3.63, 3.8) is 0 Å².